The molecule has 12 N–H and O–H groups in total. The maximum Gasteiger partial charge on any atom is 0.323 e. The Morgan fingerprint density at radius 3 is 1.20 bits per heavy atom. The van der Waals surface area contributed by atoms with Gasteiger partial charge in [0.05, 0.1) is 66.5 Å². The van der Waals surface area contributed by atoms with Crippen molar-refractivity contribution in [2.24, 2.45) is 0 Å². The van der Waals surface area contributed by atoms with Gasteiger partial charge in [0.15, 0.2) is 11.6 Å². The fraction of sp³-hybridized carbons (Fsp3) is 0. The maximum atomic E-state index is 13.1. The highest BCUT2D eigenvalue weighted by molar-refractivity contribution is 7.90. The van der Waals surface area contributed by atoms with Crippen LogP contribution in [0.25, 0.3) is 0 Å². The zero-order valence-corrected chi connectivity index (χ0v) is 32.8. The molecule has 0 bridgehead atoms. The van der Waals surface area contributed by atoms with Crippen molar-refractivity contribution in [3.8, 4) is 0 Å². The van der Waals surface area contributed by atoms with Crippen LogP contribution in [0.3, 0.4) is 0 Å². The smallest absolute Gasteiger partial charge is 0.306 e. The number of nitrogens with one attached hydrogen (secondary N) is 8. The van der Waals surface area contributed by atoms with Crippen LogP contribution in [0.2, 0.25) is 0 Å². The number of rotatable bonds is 12. The Balaban J connectivity index is 1.19. The number of anilines is 4. The number of amides is 2. The summed E-state index contributed by atoms with van der Waals surface area (Å²) in [6.45, 7) is 0. The van der Waals surface area contributed by atoms with E-state index in [1.54, 1.807) is 0 Å². The Hall–Kier alpha value is -6.85. The number of hydrogen-bond acceptors (Lipinski definition) is 17. The van der Waals surface area contributed by atoms with Crippen molar-refractivity contribution >= 4 is 92.2 Å². The molecule has 0 aromatic heterocycles. The van der Waals surface area contributed by atoms with Crippen molar-refractivity contribution < 1.29 is 66.3 Å². The van der Waals surface area contributed by atoms with Gasteiger partial charge < -0.3 is 21.5 Å². The van der Waals surface area contributed by atoms with Crippen molar-refractivity contribution in [3.05, 3.63) is 129 Å². The first-order valence-corrected chi connectivity index (χ1v) is 21.9. The first-order valence-electron chi connectivity index (χ1n) is 16.1. The second-order valence-electron chi connectivity index (χ2n) is 12.4. The number of hydrazine groups is 2. The molecule has 6 rings (SSSR count). The standard InChI is InChI=1S/C33H26N8O15S4/c34-21-5-1-15-9-19(57(45,46)47)13-25(42)29(15)31(21)40-38-17-3-7-23(27(11-17)59(51,52)53)36-33(44)37-24-8-4-18(12-28(24)60(54,55)56)39-41-32-22(35)6-2-16-10-20(58(48,49)50)14-26(43)30(16)32/h1-14,34-35,38-41H,(H2,36,37,44)(H,45,46,47)(H,48,49,50)(H,51,52,53)(H,54,55,56). The number of benzene rings is 2. The average Bonchev–Trinajstić information content (AvgIpc) is 3.13. The summed E-state index contributed by atoms with van der Waals surface area (Å²) in [6.07, 6.45) is 8.15. The van der Waals surface area contributed by atoms with E-state index in [0.717, 1.165) is 36.4 Å². The predicted molar refractivity (Wildman–Crippen MR) is 212 cm³/mol. The molecule has 0 spiro atoms. The summed E-state index contributed by atoms with van der Waals surface area (Å²) in [5, 5.41) is 20.7. The molecule has 2 aromatic carbocycles. The molecule has 0 atom stereocenters. The highest BCUT2D eigenvalue weighted by Crippen LogP contribution is 2.33. The lowest BCUT2D eigenvalue weighted by atomic mass is 9.89. The van der Waals surface area contributed by atoms with Crippen LogP contribution in [0.4, 0.5) is 27.5 Å². The van der Waals surface area contributed by atoms with Crippen LogP contribution in [0.1, 0.15) is 0 Å². The van der Waals surface area contributed by atoms with E-state index >= 15 is 0 Å². The molecule has 60 heavy (non-hydrogen) atoms. The fourth-order valence-electron chi connectivity index (χ4n) is 5.74. The van der Waals surface area contributed by atoms with E-state index in [9.17, 15) is 66.3 Å². The van der Waals surface area contributed by atoms with Gasteiger partial charge in [-0.3, -0.25) is 49.5 Å². The van der Waals surface area contributed by atoms with Crippen LogP contribution in [0.15, 0.2) is 138 Å². The number of carbonyl (C=O) groups is 3. The third-order valence-corrected chi connectivity index (χ3v) is 11.8. The van der Waals surface area contributed by atoms with Gasteiger partial charge in [-0.1, -0.05) is 12.2 Å². The largest absolute Gasteiger partial charge is 0.323 e. The van der Waals surface area contributed by atoms with Crippen LogP contribution >= 0.6 is 0 Å². The minimum absolute atomic E-state index is 0.0167. The molecular weight excluding hydrogens is 877 g/mol. The normalized spacial score (nSPS) is 16.9. The van der Waals surface area contributed by atoms with Crippen molar-refractivity contribution in [2.45, 2.75) is 9.79 Å². The lowest BCUT2D eigenvalue weighted by Crippen LogP contribution is -2.31. The number of fused-ring (bicyclic) bond motifs is 2. The summed E-state index contributed by atoms with van der Waals surface area (Å²) in [5.41, 5.74) is 7.51. The number of allylic oxidation sites excluding steroid dienone is 12. The first-order chi connectivity index (χ1) is 27.8. The molecule has 312 valence electrons. The number of urea groups is 1. The molecule has 0 saturated carbocycles. The zero-order chi connectivity index (χ0) is 44.1. The molecule has 0 unspecified atom stereocenters. The number of hydrogen-bond donors (Lipinski definition) is 12. The van der Waals surface area contributed by atoms with E-state index in [-0.39, 0.29) is 56.5 Å². The van der Waals surface area contributed by atoms with Gasteiger partial charge >= 0.3 is 6.03 Å². The van der Waals surface area contributed by atoms with Crippen LogP contribution in [-0.2, 0) is 50.1 Å². The van der Waals surface area contributed by atoms with Crippen LogP contribution < -0.4 is 32.3 Å². The van der Waals surface area contributed by atoms with Crippen molar-refractivity contribution in [2.75, 3.05) is 21.5 Å². The van der Waals surface area contributed by atoms with Crippen LogP contribution in [0, 0.1) is 10.8 Å². The Morgan fingerprint density at radius 2 is 0.867 bits per heavy atom. The Labute approximate surface area is 338 Å². The molecule has 0 saturated heterocycles. The Kier molecular flexibility index (Phi) is 11.0. The third kappa shape index (κ3) is 9.06. The highest BCUT2D eigenvalue weighted by atomic mass is 32.2. The quantitative estimate of drug-likeness (QED) is 0.107. The molecule has 4 aliphatic rings. The van der Waals surface area contributed by atoms with E-state index in [0.29, 0.717) is 12.2 Å². The van der Waals surface area contributed by atoms with Gasteiger partial charge in [-0.25, -0.2) is 4.79 Å². The summed E-state index contributed by atoms with van der Waals surface area (Å²) in [5.74, 6) is -1.79. The predicted octanol–water partition coefficient (Wildman–Crippen LogP) is 1.91. The van der Waals surface area contributed by atoms with Gasteiger partial charge in [-0.05, 0) is 71.8 Å². The summed E-state index contributed by atoms with van der Waals surface area (Å²) in [7, 11) is -19.7. The van der Waals surface area contributed by atoms with E-state index in [1.807, 2.05) is 0 Å². The van der Waals surface area contributed by atoms with Crippen LogP contribution in [-0.4, -0.2) is 80.9 Å². The number of carbonyl (C=O) groups excluding carboxylic acids is 3. The van der Waals surface area contributed by atoms with Crippen molar-refractivity contribution in [1.82, 2.24) is 10.9 Å². The molecule has 0 heterocycles. The zero-order valence-electron chi connectivity index (χ0n) is 29.5. The molecule has 2 aromatic rings. The van der Waals surface area contributed by atoms with Gasteiger partial charge in [0.25, 0.3) is 40.5 Å². The lowest BCUT2D eigenvalue weighted by molar-refractivity contribution is -0.112. The summed E-state index contributed by atoms with van der Waals surface area (Å²) in [6, 6.07) is 4.66. The number of ketones is 2. The highest BCUT2D eigenvalue weighted by Gasteiger charge is 2.31. The molecule has 0 radical (unpaired) electrons. The van der Waals surface area contributed by atoms with Gasteiger partial charge in [-0.2, -0.15) is 33.7 Å². The molecule has 27 heteroatoms. The monoisotopic (exact) mass is 902 g/mol. The third-order valence-electron chi connectivity index (χ3n) is 8.39. The fourth-order valence-corrected chi connectivity index (χ4v) is 8.15. The van der Waals surface area contributed by atoms with Crippen LogP contribution in [0.5, 0.6) is 0 Å². The van der Waals surface area contributed by atoms with E-state index < -0.39 is 89.0 Å². The molecule has 2 amide bonds. The maximum absolute atomic E-state index is 13.1. The molecule has 0 aliphatic heterocycles. The Morgan fingerprint density at radius 1 is 0.500 bits per heavy atom. The summed E-state index contributed by atoms with van der Waals surface area (Å²) < 4.78 is 134. The van der Waals surface area contributed by atoms with Crippen molar-refractivity contribution in [1.29, 1.82) is 10.8 Å². The molecule has 4 aliphatic carbocycles. The molecule has 0 fully saturated rings. The second-order valence-corrected chi connectivity index (χ2v) is 18.0. The lowest BCUT2D eigenvalue weighted by Gasteiger charge is -2.23. The minimum atomic E-state index is -5.12. The SMILES string of the molecule is N=C1C=CC2=CC(S(=O)(=O)O)=CC(=O)C2=C1NNc1ccc(NC(=O)Nc2ccc(NNC3=C4C(=O)C=C(S(=O)(=O)O)C=C4C=CC3=N)cc2S(=O)(=O)O)c(S(=O)(=O)O)c1. The summed E-state index contributed by atoms with van der Waals surface area (Å²) in [4.78, 5) is 35.4. The molecular formula is C33H26N8O15S4. The second kappa shape index (κ2) is 15.4. The van der Waals surface area contributed by atoms with E-state index in [2.05, 4.69) is 32.3 Å². The molecule has 23 nitrogen and oxygen atoms in total. The van der Waals surface area contributed by atoms with Crippen molar-refractivity contribution in [3.63, 3.8) is 0 Å². The van der Waals surface area contributed by atoms with Gasteiger partial charge in [0.1, 0.15) is 9.79 Å². The topological polar surface area (TPSA) is 389 Å². The van der Waals surface area contributed by atoms with Gasteiger partial charge in [0.2, 0.25) is 0 Å². The van der Waals surface area contributed by atoms with Gasteiger partial charge in [-0.15, -0.1) is 0 Å². The Bertz CT molecular complexity index is 2910. The minimum Gasteiger partial charge on any atom is -0.306 e. The first kappa shape index (κ1) is 42.7. The van der Waals surface area contributed by atoms with Gasteiger partial charge in [0, 0.05) is 12.2 Å². The average molecular weight is 903 g/mol. The van der Waals surface area contributed by atoms with E-state index in [4.69, 9.17) is 10.8 Å². The van der Waals surface area contributed by atoms with E-state index in [1.165, 1.54) is 36.4 Å². The summed E-state index contributed by atoms with van der Waals surface area (Å²) >= 11 is 0.